The van der Waals surface area contributed by atoms with Gasteiger partial charge in [-0.1, -0.05) is 48.0 Å². The zero-order valence-corrected chi connectivity index (χ0v) is 17.7. The predicted molar refractivity (Wildman–Crippen MR) is 118 cm³/mol. The Hall–Kier alpha value is -3.71. The van der Waals surface area contributed by atoms with Gasteiger partial charge in [0.2, 0.25) is 5.43 Å². The van der Waals surface area contributed by atoms with E-state index in [4.69, 9.17) is 4.74 Å². The molecule has 0 saturated heterocycles. The molecule has 0 amide bonds. The van der Waals surface area contributed by atoms with Gasteiger partial charge in [0.05, 0.1) is 28.5 Å². The average molecular weight is 433 g/mol. The Kier molecular flexibility index (Phi) is 5.20. The summed E-state index contributed by atoms with van der Waals surface area (Å²) in [6.45, 7) is 1.86. The second-order valence-electron chi connectivity index (χ2n) is 7.06. The lowest BCUT2D eigenvalue weighted by molar-refractivity contribution is 0.103. The molecule has 4 aromatic rings. The third-order valence-corrected chi connectivity index (χ3v) is 6.72. The van der Waals surface area contributed by atoms with Crippen molar-refractivity contribution in [3.8, 4) is 5.75 Å². The summed E-state index contributed by atoms with van der Waals surface area (Å²) in [5.74, 6) is -0.170. The van der Waals surface area contributed by atoms with Crippen LogP contribution in [0.3, 0.4) is 0 Å². The number of fused-ring (bicyclic) bond motifs is 1. The quantitative estimate of drug-likeness (QED) is 0.447. The lowest BCUT2D eigenvalue weighted by Gasteiger charge is -2.15. The van der Waals surface area contributed by atoms with Crippen LogP contribution in [-0.4, -0.2) is 25.3 Å². The fourth-order valence-corrected chi connectivity index (χ4v) is 4.71. The number of nitrogens with zero attached hydrogens (tertiary/aromatic N) is 1. The number of aromatic nitrogens is 1. The largest absolute Gasteiger partial charge is 0.497 e. The molecule has 0 radical (unpaired) electrons. The number of aryl methyl sites for hydroxylation is 1. The van der Waals surface area contributed by atoms with Crippen LogP contribution in [0.25, 0.3) is 10.9 Å². The molecule has 0 aliphatic carbocycles. The second kappa shape index (κ2) is 7.85. The summed E-state index contributed by atoms with van der Waals surface area (Å²) in [5, 5.41) is 0.0804. The van der Waals surface area contributed by atoms with E-state index in [9.17, 15) is 18.0 Å². The molecule has 6 nitrogen and oxygen atoms in total. The van der Waals surface area contributed by atoms with Gasteiger partial charge < -0.3 is 4.74 Å². The van der Waals surface area contributed by atoms with Crippen molar-refractivity contribution in [2.75, 3.05) is 7.11 Å². The number of benzene rings is 3. The number of pyridine rings is 1. The molecule has 0 saturated carbocycles. The molecule has 0 N–H and O–H groups in total. The van der Waals surface area contributed by atoms with Crippen molar-refractivity contribution in [2.45, 2.75) is 11.8 Å². The van der Waals surface area contributed by atoms with Gasteiger partial charge in [-0.2, -0.15) is 0 Å². The minimum atomic E-state index is -4.07. The van der Waals surface area contributed by atoms with E-state index < -0.39 is 21.2 Å². The number of ether oxygens (including phenoxy) is 1. The van der Waals surface area contributed by atoms with Crippen molar-refractivity contribution < 1.29 is 17.9 Å². The number of rotatable bonds is 5. The highest BCUT2D eigenvalue weighted by Gasteiger charge is 2.24. The van der Waals surface area contributed by atoms with Crippen LogP contribution in [0.2, 0.25) is 0 Å². The molecule has 1 heterocycles. The highest BCUT2D eigenvalue weighted by molar-refractivity contribution is 7.90. The summed E-state index contributed by atoms with van der Waals surface area (Å²) in [7, 11) is -2.63. The van der Waals surface area contributed by atoms with E-state index in [0.29, 0.717) is 11.3 Å². The number of carbonyl (C=O) groups excluding carboxylic acids is 1. The molecular weight excluding hydrogens is 414 g/mol. The topological polar surface area (TPSA) is 82.4 Å². The van der Waals surface area contributed by atoms with Crippen LogP contribution in [0.5, 0.6) is 5.75 Å². The molecule has 1 aromatic heterocycles. The number of hydrogen-bond acceptors (Lipinski definition) is 5. The van der Waals surface area contributed by atoms with Gasteiger partial charge in [-0.3, -0.25) is 9.59 Å². The maximum absolute atomic E-state index is 13.5. The zero-order chi connectivity index (χ0) is 22.2. The highest BCUT2D eigenvalue weighted by atomic mass is 32.2. The SMILES string of the molecule is COc1ccc2c(c1)c(=O)c(C(=O)c1ccccc1)cn2S(=O)(=O)c1ccc(C)cc1. The Morgan fingerprint density at radius 3 is 2.26 bits per heavy atom. The van der Waals surface area contributed by atoms with E-state index in [1.807, 2.05) is 6.92 Å². The molecule has 0 atom stereocenters. The van der Waals surface area contributed by atoms with Gasteiger partial charge in [0.1, 0.15) is 5.75 Å². The van der Waals surface area contributed by atoms with Crippen LogP contribution in [0, 0.1) is 6.92 Å². The third-order valence-electron chi connectivity index (χ3n) is 5.04. The van der Waals surface area contributed by atoms with Crippen molar-refractivity contribution in [1.29, 1.82) is 0 Å². The summed E-state index contributed by atoms with van der Waals surface area (Å²) in [6.07, 6.45) is 1.11. The van der Waals surface area contributed by atoms with Crippen molar-refractivity contribution in [1.82, 2.24) is 3.97 Å². The minimum absolute atomic E-state index is 0.0528. The van der Waals surface area contributed by atoms with Crippen molar-refractivity contribution in [2.24, 2.45) is 0 Å². The van der Waals surface area contributed by atoms with E-state index in [1.165, 1.54) is 31.4 Å². The summed E-state index contributed by atoms with van der Waals surface area (Å²) in [4.78, 5) is 26.3. The Morgan fingerprint density at radius 2 is 1.61 bits per heavy atom. The van der Waals surface area contributed by atoms with Gasteiger partial charge in [0.25, 0.3) is 10.0 Å². The Labute approximate surface area is 179 Å². The standard InChI is InChI=1S/C24H19NO5S/c1-16-8-11-19(12-9-16)31(28,29)25-15-21(23(26)17-6-4-3-5-7-17)24(27)20-14-18(30-2)10-13-22(20)25/h3-15H,1-2H3. The first kappa shape index (κ1) is 20.6. The molecule has 0 bridgehead atoms. The van der Waals surface area contributed by atoms with E-state index in [0.717, 1.165) is 15.7 Å². The van der Waals surface area contributed by atoms with Crippen LogP contribution >= 0.6 is 0 Å². The summed E-state index contributed by atoms with van der Waals surface area (Å²) >= 11 is 0. The van der Waals surface area contributed by atoms with Gasteiger partial charge in [-0.15, -0.1) is 0 Å². The van der Waals surface area contributed by atoms with E-state index >= 15 is 0 Å². The lowest BCUT2D eigenvalue weighted by Crippen LogP contribution is -2.23. The molecular formula is C24H19NO5S. The Balaban J connectivity index is 2.05. The van der Waals surface area contributed by atoms with E-state index in [2.05, 4.69) is 0 Å². The molecule has 0 spiro atoms. The zero-order valence-electron chi connectivity index (χ0n) is 16.9. The fraction of sp³-hybridized carbons (Fsp3) is 0.0833. The molecule has 0 unspecified atom stereocenters. The first-order chi connectivity index (χ1) is 14.8. The van der Waals surface area contributed by atoms with Gasteiger partial charge in [-0.25, -0.2) is 12.4 Å². The minimum Gasteiger partial charge on any atom is -0.497 e. The Morgan fingerprint density at radius 1 is 0.935 bits per heavy atom. The monoisotopic (exact) mass is 433 g/mol. The molecule has 7 heteroatoms. The van der Waals surface area contributed by atoms with Gasteiger partial charge in [-0.05, 0) is 37.3 Å². The van der Waals surface area contributed by atoms with Crippen molar-refractivity contribution in [3.63, 3.8) is 0 Å². The number of carbonyl (C=O) groups is 1. The third kappa shape index (κ3) is 3.64. The number of ketones is 1. The molecule has 3 aromatic carbocycles. The molecule has 156 valence electrons. The molecule has 4 rings (SSSR count). The van der Waals surface area contributed by atoms with Crippen LogP contribution in [0.15, 0.2) is 88.7 Å². The van der Waals surface area contributed by atoms with Gasteiger partial charge in [0, 0.05) is 11.8 Å². The number of methoxy groups -OCH3 is 1. The van der Waals surface area contributed by atoms with Crippen molar-refractivity contribution >= 4 is 26.7 Å². The number of hydrogen-bond donors (Lipinski definition) is 0. The van der Waals surface area contributed by atoms with Gasteiger partial charge in [0.15, 0.2) is 5.78 Å². The van der Waals surface area contributed by atoms with E-state index in [-0.39, 0.29) is 21.4 Å². The van der Waals surface area contributed by atoms with Crippen LogP contribution in [-0.2, 0) is 10.0 Å². The normalized spacial score (nSPS) is 11.4. The highest BCUT2D eigenvalue weighted by Crippen LogP contribution is 2.24. The molecule has 0 aliphatic rings. The van der Waals surface area contributed by atoms with Crippen LogP contribution < -0.4 is 10.2 Å². The average Bonchev–Trinajstić information content (AvgIpc) is 2.79. The lowest BCUT2D eigenvalue weighted by atomic mass is 10.0. The van der Waals surface area contributed by atoms with E-state index in [1.54, 1.807) is 48.5 Å². The first-order valence-corrected chi connectivity index (χ1v) is 10.9. The Bertz CT molecular complexity index is 1450. The maximum Gasteiger partial charge on any atom is 0.268 e. The summed E-state index contributed by atoms with van der Waals surface area (Å²) < 4.78 is 33.1. The fourth-order valence-electron chi connectivity index (χ4n) is 3.34. The predicted octanol–water partition coefficient (Wildman–Crippen LogP) is 3.79. The first-order valence-electron chi connectivity index (χ1n) is 9.48. The summed E-state index contributed by atoms with van der Waals surface area (Å²) in [5.41, 5.74) is 0.575. The molecule has 31 heavy (non-hydrogen) atoms. The van der Waals surface area contributed by atoms with Crippen LogP contribution in [0.1, 0.15) is 21.5 Å². The second-order valence-corrected chi connectivity index (χ2v) is 8.88. The van der Waals surface area contributed by atoms with Gasteiger partial charge >= 0.3 is 0 Å². The maximum atomic E-state index is 13.5. The summed E-state index contributed by atoms with van der Waals surface area (Å²) in [6, 6.07) is 19.2. The smallest absolute Gasteiger partial charge is 0.268 e. The molecule has 0 fully saturated rings. The molecule has 0 aliphatic heterocycles. The van der Waals surface area contributed by atoms with Crippen LogP contribution in [0.4, 0.5) is 0 Å². The van der Waals surface area contributed by atoms with Crippen molar-refractivity contribution in [3.05, 3.63) is 106 Å².